The number of hydrogen-bond donors (Lipinski definition) is 1. The van der Waals surface area contributed by atoms with Crippen LogP contribution in [0.1, 0.15) is 47.0 Å². The number of aromatic nitrogens is 2. The van der Waals surface area contributed by atoms with Gasteiger partial charge in [-0.1, -0.05) is 18.2 Å². The highest BCUT2D eigenvalue weighted by molar-refractivity contribution is 5.94. The lowest BCUT2D eigenvalue weighted by Crippen LogP contribution is -2.33. The van der Waals surface area contributed by atoms with Crippen LogP contribution in [0.3, 0.4) is 0 Å². The Labute approximate surface area is 152 Å². The van der Waals surface area contributed by atoms with Crippen LogP contribution >= 0.6 is 0 Å². The molecule has 3 aromatic rings. The molecule has 0 aliphatic carbocycles. The van der Waals surface area contributed by atoms with E-state index in [1.54, 1.807) is 12.1 Å². The molecule has 2 aromatic heterocycles. The monoisotopic (exact) mass is 347 g/mol. The van der Waals surface area contributed by atoms with E-state index in [9.17, 15) is 4.39 Å². The molecule has 26 heavy (non-hydrogen) atoms. The molecule has 1 saturated heterocycles. The maximum atomic E-state index is 14.4. The summed E-state index contributed by atoms with van der Waals surface area (Å²) in [4.78, 5) is 10.4. The quantitative estimate of drug-likeness (QED) is 0.717. The molecule has 2 aliphatic rings. The van der Waals surface area contributed by atoms with Crippen LogP contribution in [0.5, 0.6) is 0 Å². The molecule has 3 nitrogen and oxygen atoms in total. The molecule has 0 radical (unpaired) electrons. The third-order valence-corrected chi connectivity index (χ3v) is 6.03. The third-order valence-electron chi connectivity index (χ3n) is 6.03. The molecule has 4 heteroatoms. The lowest BCUT2D eigenvalue weighted by atomic mass is 9.96. The van der Waals surface area contributed by atoms with E-state index < -0.39 is 0 Å². The van der Waals surface area contributed by atoms with Gasteiger partial charge >= 0.3 is 0 Å². The van der Waals surface area contributed by atoms with E-state index in [1.165, 1.54) is 17.7 Å². The molecule has 1 aromatic carbocycles. The summed E-state index contributed by atoms with van der Waals surface area (Å²) in [5, 5.41) is 1.04. The van der Waals surface area contributed by atoms with Crippen molar-refractivity contribution >= 4 is 23.1 Å². The van der Waals surface area contributed by atoms with E-state index in [4.69, 9.17) is 0 Å². The highest BCUT2D eigenvalue weighted by Crippen LogP contribution is 2.46. The Hall–Kier alpha value is -2.46. The van der Waals surface area contributed by atoms with Crippen LogP contribution in [0, 0.1) is 12.7 Å². The maximum Gasteiger partial charge on any atom is 0.124 e. The van der Waals surface area contributed by atoms with Crippen molar-refractivity contribution in [2.24, 2.45) is 0 Å². The second kappa shape index (κ2) is 5.78. The second-order valence-corrected chi connectivity index (χ2v) is 7.62. The van der Waals surface area contributed by atoms with Gasteiger partial charge in [0.05, 0.1) is 5.52 Å². The molecule has 1 N–H and O–H groups in total. The third kappa shape index (κ3) is 2.40. The molecule has 4 heterocycles. The molecule has 2 unspecified atom stereocenters. The van der Waals surface area contributed by atoms with Crippen LogP contribution in [0.2, 0.25) is 0 Å². The summed E-state index contributed by atoms with van der Waals surface area (Å²) in [6.07, 6.45) is 9.26. The van der Waals surface area contributed by atoms with Gasteiger partial charge in [0, 0.05) is 47.0 Å². The lowest BCUT2D eigenvalue weighted by molar-refractivity contribution is 0.224. The van der Waals surface area contributed by atoms with Crippen molar-refractivity contribution in [1.82, 2.24) is 14.9 Å². The van der Waals surface area contributed by atoms with E-state index in [2.05, 4.69) is 21.9 Å². The van der Waals surface area contributed by atoms with E-state index in [1.807, 2.05) is 37.4 Å². The van der Waals surface area contributed by atoms with E-state index in [-0.39, 0.29) is 5.82 Å². The average molecular weight is 347 g/mol. The zero-order chi connectivity index (χ0) is 17.8. The van der Waals surface area contributed by atoms with Crippen LogP contribution in [-0.4, -0.2) is 28.0 Å². The predicted octanol–water partition coefficient (Wildman–Crippen LogP) is 4.87. The second-order valence-electron chi connectivity index (χ2n) is 7.62. The van der Waals surface area contributed by atoms with Gasteiger partial charge in [-0.05, 0) is 56.1 Å². The fraction of sp³-hybridized carbons (Fsp3) is 0.318. The summed E-state index contributed by atoms with van der Waals surface area (Å²) in [6.45, 7) is 1.97. The molecular formula is C22H22FN3. The van der Waals surface area contributed by atoms with Crippen molar-refractivity contribution in [2.45, 2.75) is 38.3 Å². The van der Waals surface area contributed by atoms with Gasteiger partial charge in [-0.2, -0.15) is 0 Å². The van der Waals surface area contributed by atoms with Crippen molar-refractivity contribution in [1.29, 1.82) is 0 Å². The molecule has 132 valence electrons. The Balaban J connectivity index is 1.62. The van der Waals surface area contributed by atoms with Gasteiger partial charge in [0.15, 0.2) is 0 Å². The van der Waals surface area contributed by atoms with Crippen LogP contribution in [-0.2, 0) is 6.42 Å². The van der Waals surface area contributed by atoms with Gasteiger partial charge in [-0.3, -0.25) is 9.88 Å². The Morgan fingerprint density at radius 2 is 2.12 bits per heavy atom. The fourth-order valence-electron chi connectivity index (χ4n) is 4.64. The van der Waals surface area contributed by atoms with E-state index in [0.29, 0.717) is 12.1 Å². The number of benzene rings is 1. The Morgan fingerprint density at radius 1 is 1.23 bits per heavy atom. The summed E-state index contributed by atoms with van der Waals surface area (Å²) in [6, 6.07) is 8.36. The van der Waals surface area contributed by atoms with Gasteiger partial charge in [-0.25, -0.2) is 4.39 Å². The van der Waals surface area contributed by atoms with Crippen LogP contribution < -0.4 is 0 Å². The largest absolute Gasteiger partial charge is 0.358 e. The Bertz CT molecular complexity index is 1020. The van der Waals surface area contributed by atoms with Crippen LogP contribution in [0.25, 0.3) is 23.1 Å². The van der Waals surface area contributed by atoms with Gasteiger partial charge in [0.1, 0.15) is 5.82 Å². The lowest BCUT2D eigenvalue weighted by Gasteiger charge is -2.31. The predicted molar refractivity (Wildman–Crippen MR) is 103 cm³/mol. The molecule has 2 bridgehead atoms. The zero-order valence-electron chi connectivity index (χ0n) is 15.1. The molecule has 2 atom stereocenters. The van der Waals surface area contributed by atoms with Crippen molar-refractivity contribution in [2.75, 3.05) is 7.05 Å². The summed E-state index contributed by atoms with van der Waals surface area (Å²) in [7, 11) is 2.20. The summed E-state index contributed by atoms with van der Waals surface area (Å²) < 4.78 is 14.4. The van der Waals surface area contributed by atoms with Crippen molar-refractivity contribution in [3.8, 4) is 0 Å². The fourth-order valence-corrected chi connectivity index (χ4v) is 4.64. The summed E-state index contributed by atoms with van der Waals surface area (Å²) in [5.74, 6) is -0.177. The van der Waals surface area contributed by atoms with E-state index >= 15 is 0 Å². The zero-order valence-corrected chi connectivity index (χ0v) is 15.1. The minimum Gasteiger partial charge on any atom is -0.358 e. The number of H-pyrrole nitrogens is 1. The van der Waals surface area contributed by atoms with Crippen LogP contribution in [0.4, 0.5) is 4.39 Å². The number of nitrogens with zero attached hydrogens (tertiary/aromatic N) is 2. The number of aromatic amines is 1. The first-order valence-corrected chi connectivity index (χ1v) is 9.27. The number of fused-ring (bicyclic) bond motifs is 6. The van der Waals surface area contributed by atoms with Gasteiger partial charge in [0.25, 0.3) is 0 Å². The molecule has 0 spiro atoms. The molecule has 2 aliphatic heterocycles. The number of nitrogens with one attached hydrogen (secondary N) is 1. The first-order chi connectivity index (χ1) is 12.6. The van der Waals surface area contributed by atoms with Crippen molar-refractivity contribution in [3.63, 3.8) is 0 Å². The highest BCUT2D eigenvalue weighted by Gasteiger charge is 2.39. The number of likely N-dealkylation sites (N-methyl/N-ethyl adjacent to an activating group) is 1. The summed E-state index contributed by atoms with van der Waals surface area (Å²) >= 11 is 0. The minimum absolute atomic E-state index is 0.177. The average Bonchev–Trinajstić information content (AvgIpc) is 3.09. The van der Waals surface area contributed by atoms with Gasteiger partial charge < -0.3 is 4.98 Å². The highest BCUT2D eigenvalue weighted by atomic mass is 19.1. The van der Waals surface area contributed by atoms with Crippen molar-refractivity contribution in [3.05, 3.63) is 64.4 Å². The SMILES string of the molecule is Cc1ccc(/C=C/c2cc(F)cc3c4c([nH]c23)CC2CCC4N2C)cn1. The standard InChI is InChI=1S/C22H22FN3/c1-13-3-4-14(12-24-13)5-6-15-9-16(23)10-18-21-19(25-22(15)18)11-17-7-8-20(21)26(17)2/h3-6,9-10,12,17,20,25H,7-8,11H2,1-2H3/b6-5+. The first-order valence-electron chi connectivity index (χ1n) is 9.27. The van der Waals surface area contributed by atoms with Crippen molar-refractivity contribution < 1.29 is 4.39 Å². The Kier molecular flexibility index (Phi) is 3.50. The van der Waals surface area contributed by atoms with Gasteiger partial charge in [-0.15, -0.1) is 0 Å². The number of rotatable bonds is 2. The number of pyridine rings is 1. The van der Waals surface area contributed by atoms with E-state index in [0.717, 1.165) is 40.6 Å². The topological polar surface area (TPSA) is 31.9 Å². The number of halogens is 1. The normalized spacial score (nSPS) is 22.4. The molecule has 5 rings (SSSR count). The number of hydrogen-bond acceptors (Lipinski definition) is 2. The smallest absolute Gasteiger partial charge is 0.124 e. The molecule has 1 fully saturated rings. The minimum atomic E-state index is -0.177. The maximum absolute atomic E-state index is 14.4. The van der Waals surface area contributed by atoms with Gasteiger partial charge in [0.2, 0.25) is 0 Å². The number of aryl methyl sites for hydroxylation is 1. The molecule has 0 saturated carbocycles. The first kappa shape index (κ1) is 15.8. The van der Waals surface area contributed by atoms with Crippen LogP contribution in [0.15, 0.2) is 30.5 Å². The molecular weight excluding hydrogens is 325 g/mol. The summed E-state index contributed by atoms with van der Waals surface area (Å²) in [5.41, 5.74) is 6.56. The molecule has 0 amide bonds. The Morgan fingerprint density at radius 3 is 2.92 bits per heavy atom.